The van der Waals surface area contributed by atoms with E-state index in [-0.39, 0.29) is 0 Å². The van der Waals surface area contributed by atoms with Crippen molar-refractivity contribution in [3.8, 4) is 11.5 Å². The lowest BCUT2D eigenvalue weighted by Gasteiger charge is -2.12. The van der Waals surface area contributed by atoms with Crippen LogP contribution in [-0.4, -0.2) is 6.04 Å². The second kappa shape index (κ2) is 7.50. The highest BCUT2D eigenvalue weighted by atomic mass is 79.9. The molecule has 1 N–H and O–H groups in total. The van der Waals surface area contributed by atoms with Gasteiger partial charge in [0.25, 0.3) is 0 Å². The van der Waals surface area contributed by atoms with Gasteiger partial charge in [-0.05, 0) is 51.8 Å². The fourth-order valence-corrected chi connectivity index (χ4v) is 2.69. The van der Waals surface area contributed by atoms with Crippen LogP contribution >= 0.6 is 39.1 Å². The Morgan fingerprint density at radius 1 is 1.10 bits per heavy atom. The van der Waals surface area contributed by atoms with Crippen molar-refractivity contribution < 1.29 is 4.74 Å². The van der Waals surface area contributed by atoms with Gasteiger partial charge in [0.15, 0.2) is 0 Å². The molecule has 0 saturated carbocycles. The average molecular weight is 389 g/mol. The number of rotatable bonds is 5. The molecule has 0 aromatic heterocycles. The minimum atomic E-state index is 0.451. The molecule has 0 unspecified atom stereocenters. The molecule has 0 bridgehead atoms. The molecule has 112 valence electrons. The Kier molecular flexibility index (Phi) is 5.94. The van der Waals surface area contributed by atoms with E-state index in [1.54, 1.807) is 18.2 Å². The second-order valence-corrected chi connectivity index (χ2v) is 6.68. The molecule has 0 aliphatic rings. The molecular weight excluding hydrogens is 373 g/mol. The van der Waals surface area contributed by atoms with Crippen LogP contribution in [0.3, 0.4) is 0 Å². The zero-order chi connectivity index (χ0) is 15.4. The summed E-state index contributed by atoms with van der Waals surface area (Å²) in [7, 11) is 0. The predicted octanol–water partition coefficient (Wildman–Crippen LogP) is 6.05. The second-order valence-electron chi connectivity index (χ2n) is 4.98. The van der Waals surface area contributed by atoms with Crippen LogP contribution in [0.15, 0.2) is 40.9 Å². The highest BCUT2D eigenvalue weighted by Crippen LogP contribution is 2.35. The standard InChI is InChI=1S/C16H16BrCl2NO/c1-10(2)20-9-11-3-5-15(13(17)7-11)21-16-6-4-12(18)8-14(16)19/h3-8,10,20H,9H2,1-2H3. The van der Waals surface area contributed by atoms with E-state index in [1.807, 2.05) is 18.2 Å². The van der Waals surface area contributed by atoms with Crippen LogP contribution < -0.4 is 10.1 Å². The molecule has 0 aliphatic carbocycles. The molecule has 0 fully saturated rings. The van der Waals surface area contributed by atoms with E-state index in [0.717, 1.165) is 11.0 Å². The summed E-state index contributed by atoms with van der Waals surface area (Å²) in [5.41, 5.74) is 1.19. The minimum Gasteiger partial charge on any atom is -0.455 e. The van der Waals surface area contributed by atoms with Gasteiger partial charge in [-0.25, -0.2) is 0 Å². The summed E-state index contributed by atoms with van der Waals surface area (Å²) in [4.78, 5) is 0. The molecule has 2 nitrogen and oxygen atoms in total. The van der Waals surface area contributed by atoms with E-state index in [2.05, 4.69) is 35.1 Å². The number of benzene rings is 2. The fraction of sp³-hybridized carbons (Fsp3) is 0.250. The molecule has 0 radical (unpaired) electrons. The van der Waals surface area contributed by atoms with E-state index >= 15 is 0 Å². The number of ether oxygens (including phenoxy) is 1. The first-order chi connectivity index (χ1) is 9.95. The zero-order valence-corrected chi connectivity index (χ0v) is 14.9. The maximum Gasteiger partial charge on any atom is 0.146 e. The lowest BCUT2D eigenvalue weighted by molar-refractivity contribution is 0.479. The number of hydrogen-bond donors (Lipinski definition) is 1. The lowest BCUT2D eigenvalue weighted by Crippen LogP contribution is -2.21. The monoisotopic (exact) mass is 387 g/mol. The van der Waals surface area contributed by atoms with Crippen LogP contribution in [0.4, 0.5) is 0 Å². The first-order valence-corrected chi connectivity index (χ1v) is 8.15. The van der Waals surface area contributed by atoms with Crippen molar-refractivity contribution in [2.45, 2.75) is 26.4 Å². The molecule has 2 rings (SSSR count). The van der Waals surface area contributed by atoms with E-state index < -0.39 is 0 Å². The third kappa shape index (κ3) is 4.89. The van der Waals surface area contributed by atoms with Gasteiger partial charge in [-0.3, -0.25) is 0 Å². The summed E-state index contributed by atoms with van der Waals surface area (Å²) >= 11 is 15.5. The topological polar surface area (TPSA) is 21.3 Å². The Labute approximate surface area is 143 Å². The van der Waals surface area contributed by atoms with Gasteiger partial charge in [0.2, 0.25) is 0 Å². The van der Waals surface area contributed by atoms with Crippen LogP contribution in [0.1, 0.15) is 19.4 Å². The Bertz CT molecular complexity index is 632. The van der Waals surface area contributed by atoms with Gasteiger partial charge in [-0.1, -0.05) is 43.1 Å². The van der Waals surface area contributed by atoms with Crippen molar-refractivity contribution in [1.82, 2.24) is 5.32 Å². The highest BCUT2D eigenvalue weighted by Gasteiger charge is 2.08. The summed E-state index contributed by atoms with van der Waals surface area (Å²) in [5.74, 6) is 1.29. The van der Waals surface area contributed by atoms with E-state index in [4.69, 9.17) is 27.9 Å². The van der Waals surface area contributed by atoms with Gasteiger partial charge in [0.05, 0.1) is 9.50 Å². The average Bonchev–Trinajstić information content (AvgIpc) is 2.42. The van der Waals surface area contributed by atoms with Crippen LogP contribution in [0, 0.1) is 0 Å². The molecule has 2 aromatic carbocycles. The van der Waals surface area contributed by atoms with Crippen molar-refractivity contribution in [2.75, 3.05) is 0 Å². The molecule has 0 atom stereocenters. The Balaban J connectivity index is 2.13. The van der Waals surface area contributed by atoms with Crippen molar-refractivity contribution in [3.05, 3.63) is 56.5 Å². The van der Waals surface area contributed by atoms with Crippen molar-refractivity contribution in [2.24, 2.45) is 0 Å². The quantitative estimate of drug-likeness (QED) is 0.673. The molecule has 0 amide bonds. The number of halogens is 3. The summed E-state index contributed by atoms with van der Waals surface area (Å²) in [5, 5.41) is 4.45. The molecule has 0 spiro atoms. The summed E-state index contributed by atoms with van der Waals surface area (Å²) in [6.45, 7) is 5.06. The number of hydrogen-bond acceptors (Lipinski definition) is 2. The minimum absolute atomic E-state index is 0.451. The predicted molar refractivity (Wildman–Crippen MR) is 92.7 cm³/mol. The number of nitrogens with one attached hydrogen (secondary N) is 1. The maximum absolute atomic E-state index is 6.11. The van der Waals surface area contributed by atoms with Crippen LogP contribution in [0.25, 0.3) is 0 Å². The molecule has 2 aromatic rings. The molecule has 0 heterocycles. The third-order valence-electron chi connectivity index (χ3n) is 2.82. The largest absolute Gasteiger partial charge is 0.455 e. The van der Waals surface area contributed by atoms with Gasteiger partial charge < -0.3 is 10.1 Å². The summed E-state index contributed by atoms with van der Waals surface area (Å²) in [6.07, 6.45) is 0. The fourth-order valence-electron chi connectivity index (χ4n) is 1.74. The molecule has 0 aliphatic heterocycles. The normalized spacial score (nSPS) is 11.0. The van der Waals surface area contributed by atoms with Crippen LogP contribution in [-0.2, 0) is 6.54 Å². The maximum atomic E-state index is 6.11. The molecule has 0 saturated heterocycles. The first-order valence-electron chi connectivity index (χ1n) is 6.60. The van der Waals surface area contributed by atoms with E-state index in [0.29, 0.717) is 27.6 Å². The van der Waals surface area contributed by atoms with Gasteiger partial charge in [0, 0.05) is 17.6 Å². The van der Waals surface area contributed by atoms with Crippen molar-refractivity contribution >= 4 is 39.1 Å². The van der Waals surface area contributed by atoms with Crippen LogP contribution in [0.5, 0.6) is 11.5 Å². The van der Waals surface area contributed by atoms with Gasteiger partial charge in [-0.2, -0.15) is 0 Å². The zero-order valence-electron chi connectivity index (χ0n) is 11.8. The third-order valence-corrected chi connectivity index (χ3v) is 3.97. The van der Waals surface area contributed by atoms with Crippen molar-refractivity contribution in [3.63, 3.8) is 0 Å². The summed E-state index contributed by atoms with van der Waals surface area (Å²) in [6, 6.07) is 11.6. The van der Waals surface area contributed by atoms with Gasteiger partial charge >= 0.3 is 0 Å². The Hall–Kier alpha value is -0.740. The van der Waals surface area contributed by atoms with Crippen molar-refractivity contribution in [1.29, 1.82) is 0 Å². The lowest BCUT2D eigenvalue weighted by atomic mass is 10.2. The van der Waals surface area contributed by atoms with Gasteiger partial charge in [0.1, 0.15) is 11.5 Å². The molecule has 5 heteroatoms. The van der Waals surface area contributed by atoms with E-state index in [1.165, 1.54) is 5.56 Å². The Morgan fingerprint density at radius 3 is 2.43 bits per heavy atom. The smallest absolute Gasteiger partial charge is 0.146 e. The first kappa shape index (κ1) is 16.6. The van der Waals surface area contributed by atoms with Gasteiger partial charge in [-0.15, -0.1) is 0 Å². The van der Waals surface area contributed by atoms with E-state index in [9.17, 15) is 0 Å². The van der Waals surface area contributed by atoms with Crippen LogP contribution in [0.2, 0.25) is 10.0 Å². The SMILES string of the molecule is CC(C)NCc1ccc(Oc2ccc(Cl)cc2Cl)c(Br)c1. The highest BCUT2D eigenvalue weighted by molar-refractivity contribution is 9.10. The molecular formula is C16H16BrCl2NO. The summed E-state index contributed by atoms with van der Waals surface area (Å²) < 4.78 is 6.70. The molecule has 21 heavy (non-hydrogen) atoms. The Morgan fingerprint density at radius 2 is 1.81 bits per heavy atom.